The van der Waals surface area contributed by atoms with Crippen molar-refractivity contribution in [3.63, 3.8) is 0 Å². The minimum absolute atomic E-state index is 0.0159. The Morgan fingerprint density at radius 2 is 2.08 bits per heavy atom. The molecule has 3 atom stereocenters. The van der Waals surface area contributed by atoms with E-state index >= 15 is 0 Å². The van der Waals surface area contributed by atoms with E-state index in [1.54, 1.807) is 0 Å². The summed E-state index contributed by atoms with van der Waals surface area (Å²) in [6.07, 6.45) is -5.33. The van der Waals surface area contributed by atoms with E-state index in [9.17, 15) is 33.0 Å². The van der Waals surface area contributed by atoms with Crippen LogP contribution in [-0.2, 0) is 9.53 Å². The van der Waals surface area contributed by atoms with Crippen molar-refractivity contribution in [3.05, 3.63) is 29.8 Å². The van der Waals surface area contributed by atoms with E-state index in [2.05, 4.69) is 5.32 Å². The van der Waals surface area contributed by atoms with Crippen LogP contribution in [0.15, 0.2) is 24.3 Å². The van der Waals surface area contributed by atoms with Crippen LogP contribution in [0.1, 0.15) is 18.5 Å². The SMILES string of the molecule is CCOC(=O)[C@@H]1[C@H](c2cccc(O)c2)NC(=O)N(C)[C@]1(O)C(F)(F)F. The van der Waals surface area contributed by atoms with E-state index in [1.807, 2.05) is 0 Å². The van der Waals surface area contributed by atoms with Gasteiger partial charge in [-0.1, -0.05) is 12.1 Å². The van der Waals surface area contributed by atoms with Gasteiger partial charge in [-0.15, -0.1) is 0 Å². The first kappa shape index (κ1) is 18.8. The lowest BCUT2D eigenvalue weighted by atomic mass is 9.81. The summed E-state index contributed by atoms with van der Waals surface area (Å²) in [5.74, 6) is -3.80. The number of alkyl halides is 3. The zero-order valence-corrected chi connectivity index (χ0v) is 13.4. The molecule has 2 rings (SSSR count). The molecule has 0 unspecified atom stereocenters. The number of hydrogen-bond donors (Lipinski definition) is 3. The molecule has 1 aromatic rings. The number of nitrogens with one attached hydrogen (secondary N) is 1. The van der Waals surface area contributed by atoms with Crippen molar-refractivity contribution in [2.24, 2.45) is 5.92 Å². The molecule has 1 aliphatic rings. The van der Waals surface area contributed by atoms with Crippen molar-refractivity contribution >= 4 is 12.0 Å². The molecule has 0 radical (unpaired) electrons. The highest BCUT2D eigenvalue weighted by Crippen LogP contribution is 2.47. The van der Waals surface area contributed by atoms with Crippen LogP contribution < -0.4 is 5.32 Å². The van der Waals surface area contributed by atoms with Crippen molar-refractivity contribution < 1.29 is 37.7 Å². The molecular weight excluding hydrogens is 345 g/mol. The van der Waals surface area contributed by atoms with Crippen LogP contribution in [0.5, 0.6) is 5.75 Å². The van der Waals surface area contributed by atoms with E-state index in [0.29, 0.717) is 0 Å². The fourth-order valence-corrected chi connectivity index (χ4v) is 2.80. The van der Waals surface area contributed by atoms with Gasteiger partial charge in [0.1, 0.15) is 11.7 Å². The van der Waals surface area contributed by atoms with Gasteiger partial charge in [-0.3, -0.25) is 9.69 Å². The Kier molecular flexibility index (Phi) is 4.85. The van der Waals surface area contributed by atoms with Gasteiger partial charge >= 0.3 is 18.2 Å². The van der Waals surface area contributed by atoms with Crippen LogP contribution >= 0.6 is 0 Å². The molecule has 1 heterocycles. The zero-order valence-electron chi connectivity index (χ0n) is 13.4. The smallest absolute Gasteiger partial charge is 0.437 e. The summed E-state index contributed by atoms with van der Waals surface area (Å²) in [5.41, 5.74) is -3.76. The van der Waals surface area contributed by atoms with Crippen molar-refractivity contribution in [3.8, 4) is 5.75 Å². The highest BCUT2D eigenvalue weighted by molar-refractivity contribution is 5.83. The van der Waals surface area contributed by atoms with Crippen molar-refractivity contribution in [2.45, 2.75) is 24.9 Å². The number of benzene rings is 1. The number of phenolic OH excluding ortho intramolecular Hbond substituents is 1. The first-order chi connectivity index (χ1) is 11.5. The first-order valence-corrected chi connectivity index (χ1v) is 7.33. The average Bonchev–Trinajstić information content (AvgIpc) is 2.51. The normalized spacial score (nSPS) is 27.0. The Morgan fingerprint density at radius 3 is 2.60 bits per heavy atom. The number of carbonyl (C=O) groups is 2. The topological polar surface area (TPSA) is 99.1 Å². The number of hydrogen-bond acceptors (Lipinski definition) is 5. The van der Waals surface area contributed by atoms with E-state index in [0.717, 1.165) is 13.1 Å². The third-order valence-corrected chi connectivity index (χ3v) is 4.05. The quantitative estimate of drug-likeness (QED) is 0.708. The van der Waals surface area contributed by atoms with Gasteiger partial charge < -0.3 is 20.3 Å². The highest BCUT2D eigenvalue weighted by Gasteiger charge is 2.69. The molecule has 1 aliphatic heterocycles. The van der Waals surface area contributed by atoms with E-state index in [-0.39, 0.29) is 22.8 Å². The van der Waals surface area contributed by atoms with E-state index in [1.165, 1.54) is 25.1 Å². The Hall–Kier alpha value is -2.49. The minimum Gasteiger partial charge on any atom is -0.508 e. The lowest BCUT2D eigenvalue weighted by Gasteiger charge is -2.49. The molecule has 25 heavy (non-hydrogen) atoms. The molecule has 1 saturated heterocycles. The van der Waals surface area contributed by atoms with Crippen molar-refractivity contribution in [1.82, 2.24) is 10.2 Å². The standard InChI is InChI=1S/C15H17F3N2O5/c1-3-25-12(22)10-11(8-5-4-6-9(21)7-8)19-13(23)20(2)14(10,24)15(16,17)18/h4-7,10-11,21,24H,3H2,1-2H3,(H,19,23)/t10-,11-,14+/m0/s1. The number of urea groups is 1. The Balaban J connectivity index is 2.64. The predicted molar refractivity (Wildman–Crippen MR) is 78.3 cm³/mol. The van der Waals surface area contributed by atoms with Gasteiger partial charge in [0, 0.05) is 7.05 Å². The number of rotatable bonds is 3. The molecule has 1 aromatic carbocycles. The van der Waals surface area contributed by atoms with Crippen LogP contribution in [0.2, 0.25) is 0 Å². The van der Waals surface area contributed by atoms with Gasteiger partial charge in [-0.05, 0) is 24.6 Å². The molecule has 0 bridgehead atoms. The molecule has 0 saturated carbocycles. The number of ether oxygens (including phenoxy) is 1. The lowest BCUT2D eigenvalue weighted by molar-refractivity contribution is -0.328. The second-order valence-electron chi connectivity index (χ2n) is 5.53. The number of carbonyl (C=O) groups excluding carboxylic acids is 2. The van der Waals surface area contributed by atoms with Crippen LogP contribution in [0.3, 0.4) is 0 Å². The number of halogens is 3. The second kappa shape index (κ2) is 6.43. The number of nitrogens with zero attached hydrogens (tertiary/aromatic N) is 1. The summed E-state index contributed by atoms with van der Waals surface area (Å²) in [6, 6.07) is 2.24. The molecule has 10 heteroatoms. The summed E-state index contributed by atoms with van der Waals surface area (Å²) in [7, 11) is 0.730. The summed E-state index contributed by atoms with van der Waals surface area (Å²) >= 11 is 0. The molecule has 138 valence electrons. The molecule has 0 aliphatic carbocycles. The molecule has 3 N–H and O–H groups in total. The summed E-state index contributed by atoms with van der Waals surface area (Å²) in [5, 5.41) is 22.2. The molecular formula is C15H17F3N2O5. The number of amides is 2. The van der Waals surface area contributed by atoms with Gasteiger partial charge in [-0.2, -0.15) is 13.2 Å². The van der Waals surface area contributed by atoms with Gasteiger partial charge in [-0.25, -0.2) is 4.79 Å². The van der Waals surface area contributed by atoms with Gasteiger partial charge in [0.2, 0.25) is 0 Å². The summed E-state index contributed by atoms with van der Waals surface area (Å²) in [4.78, 5) is 24.3. The van der Waals surface area contributed by atoms with Gasteiger partial charge in [0.15, 0.2) is 0 Å². The third-order valence-electron chi connectivity index (χ3n) is 4.05. The number of phenols is 1. The Labute approximate surface area is 141 Å². The summed E-state index contributed by atoms with van der Waals surface area (Å²) in [6.45, 7) is 1.19. The number of esters is 1. The van der Waals surface area contributed by atoms with Crippen LogP contribution in [0, 0.1) is 5.92 Å². The number of aromatic hydroxyl groups is 1. The molecule has 1 fully saturated rings. The van der Waals surface area contributed by atoms with Gasteiger partial charge in [0.25, 0.3) is 5.72 Å². The fraction of sp³-hybridized carbons (Fsp3) is 0.467. The highest BCUT2D eigenvalue weighted by atomic mass is 19.4. The van der Waals surface area contributed by atoms with Crippen molar-refractivity contribution in [2.75, 3.05) is 13.7 Å². The largest absolute Gasteiger partial charge is 0.508 e. The Morgan fingerprint density at radius 1 is 1.44 bits per heavy atom. The van der Waals surface area contributed by atoms with Crippen LogP contribution in [0.25, 0.3) is 0 Å². The molecule has 0 spiro atoms. The third kappa shape index (κ3) is 3.09. The fourth-order valence-electron chi connectivity index (χ4n) is 2.80. The zero-order chi connectivity index (χ0) is 19.0. The first-order valence-electron chi connectivity index (χ1n) is 7.33. The number of aliphatic hydroxyl groups is 1. The molecule has 7 nitrogen and oxygen atoms in total. The Bertz CT molecular complexity index is 681. The van der Waals surface area contributed by atoms with E-state index in [4.69, 9.17) is 4.74 Å². The maximum absolute atomic E-state index is 13.6. The second-order valence-corrected chi connectivity index (χ2v) is 5.53. The van der Waals surface area contributed by atoms with Gasteiger partial charge in [0.05, 0.1) is 12.6 Å². The molecule has 0 aromatic heterocycles. The lowest BCUT2D eigenvalue weighted by Crippen LogP contribution is -2.73. The maximum Gasteiger partial charge on any atom is 0.437 e. The minimum atomic E-state index is -5.33. The average molecular weight is 362 g/mol. The maximum atomic E-state index is 13.6. The van der Waals surface area contributed by atoms with Crippen LogP contribution in [-0.4, -0.2) is 52.7 Å². The van der Waals surface area contributed by atoms with E-state index < -0.39 is 35.9 Å². The summed E-state index contributed by atoms with van der Waals surface area (Å²) < 4.78 is 45.6. The van der Waals surface area contributed by atoms with Crippen LogP contribution in [0.4, 0.5) is 18.0 Å². The van der Waals surface area contributed by atoms with Crippen molar-refractivity contribution in [1.29, 1.82) is 0 Å². The molecule has 2 amide bonds. The monoisotopic (exact) mass is 362 g/mol. The predicted octanol–water partition coefficient (Wildman–Crippen LogP) is 1.52.